The minimum atomic E-state index is -2.78. The fourth-order valence-electron chi connectivity index (χ4n) is 0.983. The quantitative estimate of drug-likeness (QED) is 0.610. The van der Waals surface area contributed by atoms with E-state index in [0.29, 0.717) is 25.3 Å². The van der Waals surface area contributed by atoms with E-state index in [9.17, 15) is 4.57 Å². The maximum atomic E-state index is 11.8. The average Bonchev–Trinajstić information content (AvgIpc) is 1.85. The van der Waals surface area contributed by atoms with Crippen molar-refractivity contribution in [2.24, 2.45) is 5.92 Å². The van der Waals surface area contributed by atoms with Crippen molar-refractivity contribution in [1.82, 2.24) is 0 Å². The van der Waals surface area contributed by atoms with E-state index in [2.05, 4.69) is 0 Å². The van der Waals surface area contributed by atoms with Gasteiger partial charge in [-0.1, -0.05) is 13.8 Å². The lowest BCUT2D eigenvalue weighted by atomic mass is 10.3. The molecule has 74 valence electrons. The lowest BCUT2D eigenvalue weighted by Gasteiger charge is -2.18. The van der Waals surface area contributed by atoms with E-state index in [0.717, 1.165) is 0 Å². The van der Waals surface area contributed by atoms with Gasteiger partial charge in [0.25, 0.3) is 0 Å². The van der Waals surface area contributed by atoms with E-state index in [1.165, 1.54) is 0 Å². The molecule has 3 nitrogen and oxygen atoms in total. The fourth-order valence-corrected chi connectivity index (χ4v) is 2.95. The first-order valence-corrected chi connectivity index (χ1v) is 6.15. The van der Waals surface area contributed by atoms with Crippen molar-refractivity contribution in [3.05, 3.63) is 0 Å². The first-order valence-electron chi connectivity index (χ1n) is 4.42. The van der Waals surface area contributed by atoms with Gasteiger partial charge < -0.3 is 9.05 Å². The minimum Gasteiger partial charge on any atom is -0.309 e. The van der Waals surface area contributed by atoms with Crippen LogP contribution < -0.4 is 0 Å². The van der Waals surface area contributed by atoms with E-state index in [4.69, 9.17) is 9.05 Å². The van der Waals surface area contributed by atoms with Gasteiger partial charge in [-0.15, -0.1) is 0 Å². The number of hydrogen-bond acceptors (Lipinski definition) is 3. The molecule has 0 aromatic rings. The molecule has 0 aromatic heterocycles. The third-order valence-corrected chi connectivity index (χ3v) is 3.72. The summed E-state index contributed by atoms with van der Waals surface area (Å²) in [5.74, 6) is 0.342. The molecule has 0 heterocycles. The molecule has 0 rings (SSSR count). The number of hydrogen-bond donors (Lipinski definition) is 0. The molecule has 0 radical (unpaired) electrons. The summed E-state index contributed by atoms with van der Waals surface area (Å²) in [4.78, 5) is 0. The predicted octanol–water partition coefficient (Wildman–Crippen LogP) is 2.91. The van der Waals surface area contributed by atoms with Crippen LogP contribution in [0.15, 0.2) is 0 Å². The van der Waals surface area contributed by atoms with Gasteiger partial charge in [0.2, 0.25) is 0 Å². The standard InChI is InChI=1S/C8H19O3P/c1-5-10-12(9,11-6-2)7-8(3)4/h8H,5-7H2,1-4H3. The highest BCUT2D eigenvalue weighted by Gasteiger charge is 2.24. The molecule has 0 saturated heterocycles. The molecule has 0 aromatic carbocycles. The van der Waals surface area contributed by atoms with Crippen molar-refractivity contribution in [2.75, 3.05) is 19.4 Å². The molecular formula is C8H19O3P. The summed E-state index contributed by atoms with van der Waals surface area (Å²) in [7, 11) is -2.78. The van der Waals surface area contributed by atoms with Crippen molar-refractivity contribution in [3.63, 3.8) is 0 Å². The highest BCUT2D eigenvalue weighted by atomic mass is 31.2. The van der Waals surface area contributed by atoms with Gasteiger partial charge in [-0.2, -0.15) is 0 Å². The van der Waals surface area contributed by atoms with Gasteiger partial charge >= 0.3 is 7.60 Å². The SMILES string of the molecule is CCOP(=O)(CC(C)C)OCC. The lowest BCUT2D eigenvalue weighted by molar-refractivity contribution is 0.217. The van der Waals surface area contributed by atoms with Gasteiger partial charge in [0.05, 0.1) is 19.4 Å². The normalized spacial score (nSPS) is 12.4. The topological polar surface area (TPSA) is 35.5 Å². The van der Waals surface area contributed by atoms with E-state index in [1.54, 1.807) is 0 Å². The Hall–Kier alpha value is 0.150. The van der Waals surface area contributed by atoms with Gasteiger partial charge in [0, 0.05) is 0 Å². The largest absolute Gasteiger partial charge is 0.330 e. The van der Waals surface area contributed by atoms with Crippen LogP contribution >= 0.6 is 7.60 Å². The van der Waals surface area contributed by atoms with Crippen molar-refractivity contribution in [3.8, 4) is 0 Å². The van der Waals surface area contributed by atoms with Crippen molar-refractivity contribution in [2.45, 2.75) is 27.7 Å². The Balaban J connectivity index is 4.08. The molecule has 0 saturated carbocycles. The third kappa shape index (κ3) is 4.91. The highest BCUT2D eigenvalue weighted by Crippen LogP contribution is 2.49. The van der Waals surface area contributed by atoms with Crippen LogP contribution in [0.1, 0.15) is 27.7 Å². The van der Waals surface area contributed by atoms with Gasteiger partial charge in [-0.25, -0.2) is 0 Å². The molecule has 4 heteroatoms. The zero-order valence-corrected chi connectivity index (χ0v) is 9.27. The molecule has 0 atom stereocenters. The second kappa shape index (κ2) is 5.74. The van der Waals surface area contributed by atoms with E-state index in [1.807, 2.05) is 27.7 Å². The van der Waals surface area contributed by atoms with Crippen molar-refractivity contribution in [1.29, 1.82) is 0 Å². The molecule has 0 aliphatic carbocycles. The smallest absolute Gasteiger partial charge is 0.309 e. The van der Waals surface area contributed by atoms with Crippen LogP contribution in [-0.4, -0.2) is 19.4 Å². The Morgan fingerprint density at radius 3 is 1.83 bits per heavy atom. The molecule has 0 N–H and O–H groups in total. The van der Waals surface area contributed by atoms with Gasteiger partial charge in [-0.05, 0) is 19.8 Å². The zero-order chi connectivity index (χ0) is 9.61. The fraction of sp³-hybridized carbons (Fsp3) is 1.00. The monoisotopic (exact) mass is 194 g/mol. The molecule has 0 fully saturated rings. The first-order chi connectivity index (χ1) is 5.54. The highest BCUT2D eigenvalue weighted by molar-refractivity contribution is 7.53. The second-order valence-corrected chi connectivity index (χ2v) is 5.13. The third-order valence-electron chi connectivity index (χ3n) is 1.24. The maximum Gasteiger partial charge on any atom is 0.330 e. The Morgan fingerprint density at radius 2 is 1.58 bits per heavy atom. The Morgan fingerprint density at radius 1 is 1.17 bits per heavy atom. The van der Waals surface area contributed by atoms with Crippen LogP contribution in [0.25, 0.3) is 0 Å². The van der Waals surface area contributed by atoms with Crippen LogP contribution in [0.3, 0.4) is 0 Å². The van der Waals surface area contributed by atoms with Crippen molar-refractivity contribution < 1.29 is 13.6 Å². The van der Waals surface area contributed by atoms with Gasteiger partial charge in [0.1, 0.15) is 0 Å². The molecule has 0 unspecified atom stereocenters. The molecule has 0 aliphatic heterocycles. The first kappa shape index (κ1) is 12.2. The molecule has 0 aliphatic rings. The molecule has 0 bridgehead atoms. The maximum absolute atomic E-state index is 11.8. The van der Waals surface area contributed by atoms with Crippen LogP contribution in [0.2, 0.25) is 0 Å². The Kier molecular flexibility index (Phi) is 5.81. The summed E-state index contributed by atoms with van der Waals surface area (Å²) < 4.78 is 22.0. The van der Waals surface area contributed by atoms with Crippen molar-refractivity contribution >= 4 is 7.60 Å². The molecule has 0 spiro atoms. The average molecular weight is 194 g/mol. The predicted molar refractivity (Wildman–Crippen MR) is 50.6 cm³/mol. The molecule has 12 heavy (non-hydrogen) atoms. The van der Waals surface area contributed by atoms with Gasteiger partial charge in [0.15, 0.2) is 0 Å². The Labute approximate surface area is 75.0 Å². The zero-order valence-electron chi connectivity index (χ0n) is 8.37. The minimum absolute atomic E-state index is 0.342. The summed E-state index contributed by atoms with van der Waals surface area (Å²) in [5.41, 5.74) is 0. The summed E-state index contributed by atoms with van der Waals surface area (Å²) >= 11 is 0. The van der Waals surface area contributed by atoms with Crippen LogP contribution in [-0.2, 0) is 13.6 Å². The lowest BCUT2D eigenvalue weighted by Crippen LogP contribution is -2.04. The molecule has 0 amide bonds. The summed E-state index contributed by atoms with van der Waals surface area (Å²) in [5, 5.41) is 0. The van der Waals surface area contributed by atoms with Crippen LogP contribution in [0, 0.1) is 5.92 Å². The summed E-state index contributed by atoms with van der Waals surface area (Å²) in [6.07, 6.45) is 0.509. The van der Waals surface area contributed by atoms with E-state index >= 15 is 0 Å². The second-order valence-electron chi connectivity index (χ2n) is 3.02. The summed E-state index contributed by atoms with van der Waals surface area (Å²) in [6.45, 7) is 8.56. The number of rotatable bonds is 6. The summed E-state index contributed by atoms with van der Waals surface area (Å²) in [6, 6.07) is 0. The van der Waals surface area contributed by atoms with E-state index in [-0.39, 0.29) is 0 Å². The van der Waals surface area contributed by atoms with Crippen LogP contribution in [0.5, 0.6) is 0 Å². The van der Waals surface area contributed by atoms with Crippen LogP contribution in [0.4, 0.5) is 0 Å². The van der Waals surface area contributed by atoms with E-state index < -0.39 is 7.60 Å². The molecular weight excluding hydrogens is 175 g/mol. The Bertz CT molecular complexity index is 146. The van der Waals surface area contributed by atoms with Gasteiger partial charge in [-0.3, -0.25) is 4.57 Å².